The molecule has 1 aromatic heterocycles. The van der Waals surface area contributed by atoms with Gasteiger partial charge in [0.1, 0.15) is 6.26 Å². The van der Waals surface area contributed by atoms with Crippen LogP contribution in [0, 0.1) is 0 Å². The third kappa shape index (κ3) is 6.41. The van der Waals surface area contributed by atoms with E-state index in [1.54, 1.807) is 24.5 Å². The number of piperidine rings is 1. The molecule has 0 radical (unpaired) electrons. The van der Waals surface area contributed by atoms with Crippen molar-refractivity contribution in [2.24, 2.45) is 4.99 Å². The van der Waals surface area contributed by atoms with Crippen LogP contribution < -0.4 is 10.6 Å². The highest BCUT2D eigenvalue weighted by Gasteiger charge is 2.27. The van der Waals surface area contributed by atoms with E-state index in [2.05, 4.69) is 20.6 Å². The Bertz CT molecular complexity index is 894. The Labute approximate surface area is 189 Å². The third-order valence-electron chi connectivity index (χ3n) is 4.79. The number of sulfonamides is 1. The number of hydrogen-bond donors (Lipinski definition) is 2. The van der Waals surface area contributed by atoms with Crippen molar-refractivity contribution in [3.05, 3.63) is 42.3 Å². The molecule has 0 aliphatic carbocycles. The van der Waals surface area contributed by atoms with Gasteiger partial charge in [-0.1, -0.05) is 18.2 Å². The van der Waals surface area contributed by atoms with E-state index in [1.807, 2.05) is 30.3 Å². The zero-order valence-corrected chi connectivity index (χ0v) is 19.8. The Hall–Kier alpha value is -1.66. The van der Waals surface area contributed by atoms with Gasteiger partial charge < -0.3 is 15.1 Å². The molecule has 0 atom stereocenters. The fraction of sp³-hybridized carbons (Fsp3) is 0.474. The van der Waals surface area contributed by atoms with Crippen molar-refractivity contribution in [1.82, 2.24) is 19.9 Å². The van der Waals surface area contributed by atoms with Crippen molar-refractivity contribution in [2.45, 2.75) is 32.4 Å². The van der Waals surface area contributed by atoms with Crippen LogP contribution in [-0.4, -0.2) is 55.6 Å². The van der Waals surface area contributed by atoms with Crippen LogP contribution in [-0.2, 0) is 16.6 Å². The van der Waals surface area contributed by atoms with Crippen LogP contribution in [0.4, 0.5) is 0 Å². The van der Waals surface area contributed by atoms with Crippen LogP contribution in [0.25, 0.3) is 11.5 Å². The fourth-order valence-electron chi connectivity index (χ4n) is 3.12. The van der Waals surface area contributed by atoms with E-state index in [1.165, 1.54) is 0 Å². The first-order chi connectivity index (χ1) is 13.5. The number of benzene rings is 1. The van der Waals surface area contributed by atoms with Gasteiger partial charge in [-0.3, -0.25) is 4.99 Å². The first-order valence-electron chi connectivity index (χ1n) is 9.46. The average Bonchev–Trinajstić information content (AvgIpc) is 3.21. The normalized spacial score (nSPS) is 16.3. The zero-order chi connectivity index (χ0) is 20.0. The zero-order valence-electron chi connectivity index (χ0n) is 16.7. The van der Waals surface area contributed by atoms with Crippen LogP contribution in [0.2, 0.25) is 0 Å². The maximum Gasteiger partial charge on any atom is 0.226 e. The Balaban J connectivity index is 0.00000300. The van der Waals surface area contributed by atoms with Crippen molar-refractivity contribution in [1.29, 1.82) is 0 Å². The minimum atomic E-state index is -3.10. The molecule has 3 rings (SSSR count). The van der Waals surface area contributed by atoms with Gasteiger partial charge in [0, 0.05) is 31.7 Å². The lowest BCUT2D eigenvalue weighted by molar-refractivity contribution is 0.306. The number of guanidine groups is 1. The first-order valence-corrected chi connectivity index (χ1v) is 11.1. The minimum Gasteiger partial charge on any atom is -0.444 e. The second kappa shape index (κ2) is 10.9. The molecule has 29 heavy (non-hydrogen) atoms. The Morgan fingerprint density at radius 3 is 2.59 bits per heavy atom. The Morgan fingerprint density at radius 1 is 1.28 bits per heavy atom. The number of rotatable bonds is 6. The number of aromatic nitrogens is 1. The Morgan fingerprint density at radius 2 is 1.97 bits per heavy atom. The van der Waals surface area contributed by atoms with E-state index in [0.717, 1.165) is 24.1 Å². The van der Waals surface area contributed by atoms with Crippen molar-refractivity contribution < 1.29 is 12.8 Å². The summed E-state index contributed by atoms with van der Waals surface area (Å²) in [4.78, 5) is 8.74. The third-order valence-corrected chi connectivity index (χ3v) is 6.67. The quantitative estimate of drug-likeness (QED) is 0.336. The van der Waals surface area contributed by atoms with E-state index in [9.17, 15) is 8.42 Å². The summed E-state index contributed by atoms with van der Waals surface area (Å²) in [5.41, 5.74) is 1.72. The molecule has 2 N–H and O–H groups in total. The molecule has 2 heterocycles. The molecule has 1 aliphatic heterocycles. The van der Waals surface area contributed by atoms with E-state index < -0.39 is 10.0 Å². The van der Waals surface area contributed by atoms with Crippen molar-refractivity contribution in [3.8, 4) is 11.5 Å². The molecule has 2 aromatic rings. The van der Waals surface area contributed by atoms with Gasteiger partial charge in [-0.15, -0.1) is 24.0 Å². The highest BCUT2D eigenvalue weighted by molar-refractivity contribution is 14.0. The predicted molar refractivity (Wildman–Crippen MR) is 125 cm³/mol. The lowest BCUT2D eigenvalue weighted by Crippen LogP contribution is -2.49. The maximum absolute atomic E-state index is 12.0. The summed E-state index contributed by atoms with van der Waals surface area (Å²) in [6, 6.07) is 9.93. The molecule has 0 bridgehead atoms. The topological polar surface area (TPSA) is 99.8 Å². The van der Waals surface area contributed by atoms with E-state index in [0.29, 0.717) is 31.5 Å². The van der Waals surface area contributed by atoms with Crippen LogP contribution in [0.5, 0.6) is 0 Å². The highest BCUT2D eigenvalue weighted by Crippen LogP contribution is 2.18. The van der Waals surface area contributed by atoms with Crippen LogP contribution in [0.15, 0.2) is 46.0 Å². The van der Waals surface area contributed by atoms with Crippen LogP contribution in [0.1, 0.15) is 25.5 Å². The predicted octanol–water partition coefficient (Wildman–Crippen LogP) is 2.44. The van der Waals surface area contributed by atoms with Gasteiger partial charge in [0.15, 0.2) is 5.96 Å². The lowest BCUT2D eigenvalue weighted by atomic mass is 10.1. The summed E-state index contributed by atoms with van der Waals surface area (Å²) in [6.07, 6.45) is 3.14. The Kier molecular flexibility index (Phi) is 8.90. The summed E-state index contributed by atoms with van der Waals surface area (Å²) < 4.78 is 31.0. The number of halogens is 1. The molecule has 1 aliphatic rings. The largest absolute Gasteiger partial charge is 0.444 e. The molecular formula is C19H28IN5O3S. The smallest absolute Gasteiger partial charge is 0.226 e. The van der Waals surface area contributed by atoms with Gasteiger partial charge in [0.25, 0.3) is 0 Å². The summed E-state index contributed by atoms with van der Waals surface area (Å²) in [7, 11) is -1.39. The molecule has 160 valence electrons. The molecule has 1 aromatic carbocycles. The fourth-order valence-corrected chi connectivity index (χ4v) is 4.26. The first kappa shape index (κ1) is 23.6. The number of nitrogens with zero attached hydrogens (tertiary/aromatic N) is 3. The number of nitrogens with one attached hydrogen (secondary N) is 2. The molecule has 1 fully saturated rings. The van der Waals surface area contributed by atoms with Gasteiger partial charge in [-0.2, -0.15) is 0 Å². The van der Waals surface area contributed by atoms with Gasteiger partial charge in [-0.25, -0.2) is 17.7 Å². The molecule has 10 heteroatoms. The minimum absolute atomic E-state index is 0. The highest BCUT2D eigenvalue weighted by atomic mass is 127. The molecule has 1 saturated heterocycles. The van der Waals surface area contributed by atoms with Crippen molar-refractivity contribution >= 4 is 40.0 Å². The molecule has 0 amide bonds. The van der Waals surface area contributed by atoms with E-state index in [4.69, 9.17) is 4.42 Å². The lowest BCUT2D eigenvalue weighted by Gasteiger charge is -2.32. The standard InChI is InChI=1S/C19H27N5O3S.HI/c1-3-28(25,26)24-11-9-16(10-12-24)23-19(20-2)21-13-17-14-27-18(22-17)15-7-5-4-6-8-15;/h4-8,14,16H,3,9-13H2,1-2H3,(H2,20,21,23);1H. The summed E-state index contributed by atoms with van der Waals surface area (Å²) >= 11 is 0. The second-order valence-corrected chi connectivity index (χ2v) is 8.91. The number of hydrogen-bond acceptors (Lipinski definition) is 5. The van der Waals surface area contributed by atoms with Crippen molar-refractivity contribution in [3.63, 3.8) is 0 Å². The van der Waals surface area contributed by atoms with E-state index in [-0.39, 0.29) is 35.8 Å². The molecule has 0 unspecified atom stereocenters. The van der Waals surface area contributed by atoms with Crippen molar-refractivity contribution in [2.75, 3.05) is 25.9 Å². The van der Waals surface area contributed by atoms with Gasteiger partial charge in [0.05, 0.1) is 18.0 Å². The molecule has 8 nitrogen and oxygen atoms in total. The van der Waals surface area contributed by atoms with Gasteiger partial charge >= 0.3 is 0 Å². The van der Waals surface area contributed by atoms with Crippen LogP contribution in [0.3, 0.4) is 0 Å². The maximum atomic E-state index is 12.0. The molecular weight excluding hydrogens is 505 g/mol. The summed E-state index contributed by atoms with van der Waals surface area (Å²) in [5, 5.41) is 6.60. The molecule has 0 spiro atoms. The second-order valence-electron chi connectivity index (χ2n) is 6.65. The summed E-state index contributed by atoms with van der Waals surface area (Å²) in [5.74, 6) is 1.41. The molecule has 0 saturated carbocycles. The number of oxazole rings is 1. The monoisotopic (exact) mass is 533 g/mol. The SMILES string of the molecule is CCS(=O)(=O)N1CCC(NC(=NC)NCc2coc(-c3ccccc3)n2)CC1.I. The van der Waals surface area contributed by atoms with Gasteiger partial charge in [-0.05, 0) is 31.9 Å². The average molecular weight is 533 g/mol. The van der Waals surface area contributed by atoms with Crippen LogP contribution >= 0.6 is 24.0 Å². The number of aliphatic imine (C=N–C) groups is 1. The van der Waals surface area contributed by atoms with Gasteiger partial charge in [0.2, 0.25) is 15.9 Å². The van der Waals surface area contributed by atoms with E-state index >= 15 is 0 Å². The summed E-state index contributed by atoms with van der Waals surface area (Å²) in [6.45, 7) is 3.24.